The van der Waals surface area contributed by atoms with E-state index in [2.05, 4.69) is 0 Å². The van der Waals surface area contributed by atoms with Gasteiger partial charge in [-0.05, 0) is 42.3 Å². The topological polar surface area (TPSA) is 48.0 Å². The number of rotatable bonds is 2. The summed E-state index contributed by atoms with van der Waals surface area (Å²) < 4.78 is 30.8. The van der Waals surface area contributed by atoms with Crippen molar-refractivity contribution in [2.75, 3.05) is 19.7 Å². The summed E-state index contributed by atoms with van der Waals surface area (Å²) in [6.45, 7) is 3.67. The van der Waals surface area contributed by atoms with Gasteiger partial charge in [-0.15, -0.1) is 0 Å². The Balaban J connectivity index is 1.47. The van der Waals surface area contributed by atoms with Crippen LogP contribution in [0.25, 0.3) is 11.1 Å². The zero-order chi connectivity index (χ0) is 18.9. The van der Waals surface area contributed by atoms with Crippen LogP contribution in [0.3, 0.4) is 0 Å². The number of nitrogens with zero attached hydrogens (tertiary/aromatic N) is 1. The molecule has 0 bridgehead atoms. The third kappa shape index (κ3) is 3.62. The lowest BCUT2D eigenvalue weighted by Gasteiger charge is -2.43. The Bertz CT molecular complexity index is 846. The van der Waals surface area contributed by atoms with Gasteiger partial charge in [0.2, 0.25) is 5.79 Å². The second-order valence-corrected chi connectivity index (χ2v) is 6.82. The minimum absolute atomic E-state index is 0.259. The van der Waals surface area contributed by atoms with Crippen LogP contribution in [0.5, 0.6) is 5.75 Å². The largest absolute Gasteiger partial charge is 0.462 e. The van der Waals surface area contributed by atoms with E-state index in [1.54, 1.807) is 17.9 Å². The second-order valence-electron chi connectivity index (χ2n) is 6.82. The van der Waals surface area contributed by atoms with Gasteiger partial charge in [-0.25, -0.2) is 9.18 Å². The summed E-state index contributed by atoms with van der Waals surface area (Å²) in [5, 5.41) is 0. The van der Waals surface area contributed by atoms with Crippen molar-refractivity contribution in [1.29, 1.82) is 0 Å². The quantitative estimate of drug-likeness (QED) is 0.787. The molecule has 142 valence electrons. The number of carbonyl (C=O) groups is 1. The van der Waals surface area contributed by atoms with E-state index < -0.39 is 5.79 Å². The molecular formula is C21H22FNO4. The number of likely N-dealkylation sites (tertiary alicyclic amines) is 1. The maximum Gasteiger partial charge on any atom is 0.409 e. The van der Waals surface area contributed by atoms with E-state index in [0.29, 0.717) is 39.1 Å². The molecule has 0 radical (unpaired) electrons. The normalized spacial score (nSPS) is 17.9. The number of halogens is 1. The maximum atomic E-state index is 13.5. The summed E-state index contributed by atoms with van der Waals surface area (Å²) in [4.78, 5) is 13.5. The molecular weight excluding hydrogens is 349 g/mol. The fourth-order valence-electron chi connectivity index (χ4n) is 3.57. The number of hydrogen-bond donors (Lipinski definition) is 0. The van der Waals surface area contributed by atoms with Gasteiger partial charge in [-0.2, -0.15) is 0 Å². The molecule has 1 saturated heterocycles. The summed E-state index contributed by atoms with van der Waals surface area (Å²) >= 11 is 0. The number of carbonyl (C=O) groups excluding carboxylic acids is 1. The van der Waals surface area contributed by atoms with Crippen LogP contribution in [0.4, 0.5) is 9.18 Å². The molecule has 1 fully saturated rings. The van der Waals surface area contributed by atoms with Crippen LogP contribution in [-0.4, -0.2) is 36.5 Å². The van der Waals surface area contributed by atoms with E-state index in [0.717, 1.165) is 22.4 Å². The van der Waals surface area contributed by atoms with Gasteiger partial charge in [0.05, 0.1) is 13.2 Å². The highest BCUT2D eigenvalue weighted by Crippen LogP contribution is 2.39. The van der Waals surface area contributed by atoms with Gasteiger partial charge in [0, 0.05) is 31.5 Å². The first kappa shape index (κ1) is 17.8. The number of benzene rings is 2. The van der Waals surface area contributed by atoms with E-state index >= 15 is 0 Å². The van der Waals surface area contributed by atoms with Gasteiger partial charge in [0.15, 0.2) is 0 Å². The highest BCUT2D eigenvalue weighted by molar-refractivity contribution is 5.68. The van der Waals surface area contributed by atoms with Crippen molar-refractivity contribution in [1.82, 2.24) is 4.90 Å². The van der Waals surface area contributed by atoms with Crippen molar-refractivity contribution in [2.24, 2.45) is 0 Å². The monoisotopic (exact) mass is 371 g/mol. The fraction of sp³-hybridized carbons (Fsp3) is 0.381. The minimum atomic E-state index is -0.698. The Hall–Kier alpha value is -2.60. The molecule has 0 unspecified atom stereocenters. The fourth-order valence-corrected chi connectivity index (χ4v) is 3.57. The summed E-state index contributed by atoms with van der Waals surface area (Å²) in [6, 6.07) is 12.3. The molecule has 6 heteroatoms. The molecule has 0 aromatic heterocycles. The predicted octanol–water partition coefficient (Wildman–Crippen LogP) is 4.35. The van der Waals surface area contributed by atoms with Crippen LogP contribution in [-0.2, 0) is 16.1 Å². The number of hydrogen-bond acceptors (Lipinski definition) is 4. The van der Waals surface area contributed by atoms with Crippen LogP contribution in [0.2, 0.25) is 0 Å². The Labute approximate surface area is 157 Å². The third-order valence-corrected chi connectivity index (χ3v) is 5.06. The van der Waals surface area contributed by atoms with Gasteiger partial charge in [-0.1, -0.05) is 18.2 Å². The minimum Gasteiger partial charge on any atom is -0.462 e. The van der Waals surface area contributed by atoms with Crippen molar-refractivity contribution in [3.8, 4) is 16.9 Å². The molecule has 1 spiro atoms. The molecule has 27 heavy (non-hydrogen) atoms. The van der Waals surface area contributed by atoms with Crippen molar-refractivity contribution in [2.45, 2.75) is 32.2 Å². The second kappa shape index (κ2) is 7.19. The van der Waals surface area contributed by atoms with Crippen molar-refractivity contribution in [3.05, 3.63) is 53.8 Å². The maximum absolute atomic E-state index is 13.5. The van der Waals surface area contributed by atoms with Gasteiger partial charge in [0.25, 0.3) is 0 Å². The van der Waals surface area contributed by atoms with Gasteiger partial charge >= 0.3 is 6.09 Å². The number of ether oxygens (including phenoxy) is 3. The molecule has 2 aliphatic heterocycles. The van der Waals surface area contributed by atoms with Crippen LogP contribution < -0.4 is 4.74 Å². The first-order chi connectivity index (χ1) is 13.1. The lowest BCUT2D eigenvalue weighted by atomic mass is 9.99. The Morgan fingerprint density at radius 2 is 1.96 bits per heavy atom. The standard InChI is InChI=1S/C21H22FNO4/c1-2-25-20(24)23-10-8-21(9-11-23)26-14-17-12-16(6-7-19(17)27-21)15-4-3-5-18(22)13-15/h3-7,12-13H,2,8-11,14H2,1H3. The molecule has 0 saturated carbocycles. The smallest absolute Gasteiger partial charge is 0.409 e. The van der Waals surface area contributed by atoms with Crippen molar-refractivity contribution < 1.29 is 23.4 Å². The SMILES string of the molecule is CCOC(=O)N1CCC2(CC1)OCc1cc(-c3cccc(F)c3)ccc1O2. The first-order valence-electron chi connectivity index (χ1n) is 9.22. The molecule has 0 N–H and O–H groups in total. The summed E-state index contributed by atoms with van der Waals surface area (Å²) in [6.07, 6.45) is 0.900. The van der Waals surface area contributed by atoms with E-state index in [9.17, 15) is 9.18 Å². The highest BCUT2D eigenvalue weighted by Gasteiger charge is 2.42. The van der Waals surface area contributed by atoms with Crippen molar-refractivity contribution >= 4 is 6.09 Å². The molecule has 2 aromatic rings. The van der Waals surface area contributed by atoms with Crippen molar-refractivity contribution in [3.63, 3.8) is 0 Å². The van der Waals surface area contributed by atoms with Crippen LogP contribution in [0.15, 0.2) is 42.5 Å². The van der Waals surface area contributed by atoms with Gasteiger partial charge < -0.3 is 19.1 Å². The highest BCUT2D eigenvalue weighted by atomic mass is 19.1. The number of amides is 1. The van der Waals surface area contributed by atoms with E-state index in [1.807, 2.05) is 24.3 Å². The molecule has 2 heterocycles. The van der Waals surface area contributed by atoms with Gasteiger partial charge in [0.1, 0.15) is 11.6 Å². The molecule has 5 nitrogen and oxygen atoms in total. The summed E-state index contributed by atoms with van der Waals surface area (Å²) in [7, 11) is 0. The average Bonchev–Trinajstić information content (AvgIpc) is 2.68. The van der Waals surface area contributed by atoms with Crippen LogP contribution in [0.1, 0.15) is 25.3 Å². The first-order valence-corrected chi connectivity index (χ1v) is 9.22. The van der Waals surface area contributed by atoms with E-state index in [4.69, 9.17) is 14.2 Å². The number of fused-ring (bicyclic) bond motifs is 1. The lowest BCUT2D eigenvalue weighted by Crippen LogP contribution is -2.52. The average molecular weight is 371 g/mol. The Morgan fingerprint density at radius 3 is 2.70 bits per heavy atom. The third-order valence-electron chi connectivity index (χ3n) is 5.06. The predicted molar refractivity (Wildman–Crippen MR) is 97.8 cm³/mol. The molecule has 2 aliphatic rings. The van der Waals surface area contributed by atoms with E-state index in [1.165, 1.54) is 12.1 Å². The molecule has 4 rings (SSSR count). The Morgan fingerprint density at radius 1 is 1.19 bits per heavy atom. The molecule has 1 amide bonds. The number of piperidine rings is 1. The molecule has 2 aromatic carbocycles. The van der Waals surface area contributed by atoms with Crippen LogP contribution >= 0.6 is 0 Å². The summed E-state index contributed by atoms with van der Waals surface area (Å²) in [5.41, 5.74) is 2.68. The zero-order valence-corrected chi connectivity index (χ0v) is 15.2. The molecule has 0 atom stereocenters. The lowest BCUT2D eigenvalue weighted by molar-refractivity contribution is -0.226. The van der Waals surface area contributed by atoms with Crippen LogP contribution in [0, 0.1) is 5.82 Å². The Kier molecular flexibility index (Phi) is 4.74. The zero-order valence-electron chi connectivity index (χ0n) is 15.2. The van der Waals surface area contributed by atoms with Gasteiger partial charge in [-0.3, -0.25) is 0 Å². The molecule has 0 aliphatic carbocycles. The summed E-state index contributed by atoms with van der Waals surface area (Å²) in [5.74, 6) is -0.174. The van der Waals surface area contributed by atoms with E-state index in [-0.39, 0.29) is 11.9 Å².